The Labute approximate surface area is 139 Å². The average Bonchev–Trinajstić information content (AvgIpc) is 3.01. The van der Waals surface area contributed by atoms with Crippen LogP contribution in [0.2, 0.25) is 0 Å². The largest absolute Gasteiger partial charge is 0.378 e. The number of hydrogen-bond acceptors (Lipinski definition) is 4. The van der Waals surface area contributed by atoms with E-state index in [0.29, 0.717) is 37.5 Å². The molecule has 1 fully saturated rings. The first-order valence-corrected chi connectivity index (χ1v) is 8.05. The van der Waals surface area contributed by atoms with E-state index < -0.39 is 0 Å². The van der Waals surface area contributed by atoms with E-state index in [0.717, 1.165) is 22.3 Å². The van der Waals surface area contributed by atoms with E-state index in [9.17, 15) is 4.39 Å². The molecule has 0 atom stereocenters. The van der Waals surface area contributed by atoms with Gasteiger partial charge in [-0.25, -0.2) is 9.37 Å². The molecule has 1 aromatic carbocycles. The number of hydrogen-bond donors (Lipinski definition) is 0. The lowest BCUT2D eigenvalue weighted by Crippen LogP contribution is -2.36. The van der Waals surface area contributed by atoms with Crippen molar-refractivity contribution in [3.63, 3.8) is 0 Å². The maximum atomic E-state index is 14.6. The second-order valence-electron chi connectivity index (χ2n) is 6.12. The van der Waals surface area contributed by atoms with Crippen molar-refractivity contribution in [2.24, 2.45) is 7.05 Å². The van der Waals surface area contributed by atoms with Crippen molar-refractivity contribution >= 4 is 16.6 Å². The zero-order valence-corrected chi connectivity index (χ0v) is 13.8. The number of ether oxygens (including phenoxy) is 1. The number of fused-ring (bicyclic) bond motifs is 1. The molecule has 1 aliphatic heterocycles. The fourth-order valence-corrected chi connectivity index (χ4v) is 3.13. The Balaban J connectivity index is 1.81. The number of benzene rings is 1. The number of anilines is 1. The molecule has 0 unspecified atom stereocenters. The Morgan fingerprint density at radius 3 is 2.62 bits per heavy atom. The Morgan fingerprint density at radius 1 is 1.12 bits per heavy atom. The van der Waals surface area contributed by atoms with Crippen molar-refractivity contribution in [2.75, 3.05) is 31.2 Å². The Morgan fingerprint density at radius 2 is 1.92 bits per heavy atom. The second kappa shape index (κ2) is 5.87. The van der Waals surface area contributed by atoms with Crippen molar-refractivity contribution in [1.29, 1.82) is 0 Å². The van der Waals surface area contributed by atoms with Gasteiger partial charge in [-0.05, 0) is 30.7 Å². The molecule has 0 amide bonds. The first-order valence-electron chi connectivity index (χ1n) is 8.05. The summed E-state index contributed by atoms with van der Waals surface area (Å²) in [5.74, 6) is -0.241. The molecule has 0 saturated carbocycles. The summed E-state index contributed by atoms with van der Waals surface area (Å²) in [7, 11) is 1.87. The van der Waals surface area contributed by atoms with E-state index >= 15 is 0 Å². The first kappa shape index (κ1) is 15.1. The van der Waals surface area contributed by atoms with Gasteiger partial charge in [0.2, 0.25) is 0 Å². The van der Waals surface area contributed by atoms with Crippen LogP contribution in [0.4, 0.5) is 10.1 Å². The van der Waals surface area contributed by atoms with Crippen LogP contribution >= 0.6 is 0 Å². The van der Waals surface area contributed by atoms with Crippen LogP contribution in [0.5, 0.6) is 0 Å². The van der Waals surface area contributed by atoms with Gasteiger partial charge in [-0.1, -0.05) is 0 Å². The number of aromatic nitrogens is 3. The maximum Gasteiger partial charge on any atom is 0.148 e. The molecule has 0 aliphatic carbocycles. The van der Waals surface area contributed by atoms with Crippen LogP contribution in [-0.4, -0.2) is 41.1 Å². The number of halogens is 1. The molecule has 24 heavy (non-hydrogen) atoms. The lowest BCUT2D eigenvalue weighted by molar-refractivity contribution is 0.122. The Bertz CT molecular complexity index is 899. The fraction of sp³-hybridized carbons (Fsp3) is 0.333. The third kappa shape index (κ3) is 2.63. The first-order chi connectivity index (χ1) is 11.6. The summed E-state index contributed by atoms with van der Waals surface area (Å²) >= 11 is 0. The molecule has 3 heterocycles. The summed E-state index contributed by atoms with van der Waals surface area (Å²) < 4.78 is 21.7. The summed E-state index contributed by atoms with van der Waals surface area (Å²) in [6.45, 7) is 4.71. The summed E-state index contributed by atoms with van der Waals surface area (Å²) in [6.07, 6.45) is 1.87. The highest BCUT2D eigenvalue weighted by Crippen LogP contribution is 2.30. The van der Waals surface area contributed by atoms with Crippen LogP contribution in [0.25, 0.3) is 22.3 Å². The molecule has 124 valence electrons. The van der Waals surface area contributed by atoms with Gasteiger partial charge in [-0.2, -0.15) is 5.10 Å². The zero-order valence-electron chi connectivity index (χ0n) is 13.8. The minimum Gasteiger partial charge on any atom is -0.378 e. The molecule has 5 nitrogen and oxygen atoms in total. The topological polar surface area (TPSA) is 43.2 Å². The van der Waals surface area contributed by atoms with Gasteiger partial charge in [-0.15, -0.1) is 0 Å². The van der Waals surface area contributed by atoms with Crippen molar-refractivity contribution < 1.29 is 9.13 Å². The van der Waals surface area contributed by atoms with E-state index in [4.69, 9.17) is 4.74 Å². The van der Waals surface area contributed by atoms with E-state index in [1.807, 2.05) is 43.3 Å². The zero-order chi connectivity index (χ0) is 16.7. The summed E-state index contributed by atoms with van der Waals surface area (Å²) in [4.78, 5) is 6.64. The van der Waals surface area contributed by atoms with E-state index in [-0.39, 0.29) is 5.82 Å². The van der Waals surface area contributed by atoms with Crippen molar-refractivity contribution in [1.82, 2.24) is 14.8 Å². The quantitative estimate of drug-likeness (QED) is 0.726. The van der Waals surface area contributed by atoms with Gasteiger partial charge >= 0.3 is 0 Å². The fourth-order valence-electron chi connectivity index (χ4n) is 3.13. The van der Waals surface area contributed by atoms with E-state index in [1.54, 1.807) is 4.68 Å². The molecule has 3 aromatic rings. The highest BCUT2D eigenvalue weighted by atomic mass is 19.1. The standard InChI is InChI=1S/C18H19FN4O/c1-12-9-17(15-3-4-22(2)21-15)20-16-11-14(19)18(10-13(12)16)23-5-7-24-8-6-23/h3-4,9-11H,5-8H2,1-2H3. The summed E-state index contributed by atoms with van der Waals surface area (Å²) in [5, 5.41) is 5.35. The average molecular weight is 326 g/mol. The normalized spacial score (nSPS) is 15.2. The second-order valence-corrected chi connectivity index (χ2v) is 6.12. The highest BCUT2D eigenvalue weighted by molar-refractivity contribution is 5.88. The van der Waals surface area contributed by atoms with Gasteiger partial charge in [-0.3, -0.25) is 4.68 Å². The number of pyridine rings is 1. The number of rotatable bonds is 2. The molecule has 0 radical (unpaired) electrons. The van der Waals surface area contributed by atoms with Gasteiger partial charge in [0.15, 0.2) is 0 Å². The van der Waals surface area contributed by atoms with Gasteiger partial charge in [0.25, 0.3) is 0 Å². The summed E-state index contributed by atoms with van der Waals surface area (Å²) in [6, 6.07) is 7.35. The maximum absolute atomic E-state index is 14.6. The van der Waals surface area contributed by atoms with E-state index in [1.165, 1.54) is 6.07 Å². The van der Waals surface area contributed by atoms with Gasteiger partial charge in [0.05, 0.1) is 30.1 Å². The molecule has 4 rings (SSSR count). The van der Waals surface area contributed by atoms with Crippen LogP contribution in [-0.2, 0) is 11.8 Å². The van der Waals surface area contributed by atoms with Gasteiger partial charge in [0, 0.05) is 37.8 Å². The highest BCUT2D eigenvalue weighted by Gasteiger charge is 2.17. The van der Waals surface area contributed by atoms with Crippen molar-refractivity contribution in [3.05, 3.63) is 41.8 Å². The monoisotopic (exact) mass is 326 g/mol. The SMILES string of the molecule is Cc1cc(-c2ccn(C)n2)nc2cc(F)c(N3CCOCC3)cc12. The van der Waals surface area contributed by atoms with Crippen molar-refractivity contribution in [2.45, 2.75) is 6.92 Å². The molecule has 0 bridgehead atoms. The van der Waals surface area contributed by atoms with Gasteiger partial charge < -0.3 is 9.64 Å². The van der Waals surface area contributed by atoms with Crippen LogP contribution in [0.1, 0.15) is 5.56 Å². The number of nitrogens with zero attached hydrogens (tertiary/aromatic N) is 4. The summed E-state index contributed by atoms with van der Waals surface area (Å²) in [5.41, 5.74) is 3.90. The number of morpholine rings is 1. The predicted molar refractivity (Wildman–Crippen MR) is 91.7 cm³/mol. The molecule has 1 aliphatic rings. The third-order valence-corrected chi connectivity index (χ3v) is 4.41. The Hall–Kier alpha value is -2.47. The minimum atomic E-state index is -0.241. The molecule has 0 N–H and O–H groups in total. The molecular formula is C18H19FN4O. The van der Waals surface area contributed by atoms with Gasteiger partial charge in [0.1, 0.15) is 11.5 Å². The smallest absolute Gasteiger partial charge is 0.148 e. The van der Waals surface area contributed by atoms with Crippen LogP contribution in [0.3, 0.4) is 0 Å². The molecule has 0 spiro atoms. The van der Waals surface area contributed by atoms with Crippen LogP contribution < -0.4 is 4.90 Å². The van der Waals surface area contributed by atoms with Crippen molar-refractivity contribution in [3.8, 4) is 11.4 Å². The van der Waals surface area contributed by atoms with Crippen LogP contribution in [0, 0.1) is 12.7 Å². The molecule has 6 heteroatoms. The molecule has 1 saturated heterocycles. The lowest BCUT2D eigenvalue weighted by Gasteiger charge is -2.29. The molecule has 2 aromatic heterocycles. The lowest BCUT2D eigenvalue weighted by atomic mass is 10.1. The van der Waals surface area contributed by atoms with Crippen LogP contribution in [0.15, 0.2) is 30.5 Å². The third-order valence-electron chi connectivity index (χ3n) is 4.41. The molecular weight excluding hydrogens is 307 g/mol. The van der Waals surface area contributed by atoms with E-state index in [2.05, 4.69) is 10.1 Å². The Kier molecular flexibility index (Phi) is 3.69. The number of aryl methyl sites for hydroxylation is 2. The predicted octanol–water partition coefficient (Wildman–Crippen LogP) is 2.92. The minimum absolute atomic E-state index is 0.241.